The number of carbonyl (C=O) groups is 1. The summed E-state index contributed by atoms with van der Waals surface area (Å²) in [6, 6.07) is 15.5. The van der Waals surface area contributed by atoms with Gasteiger partial charge in [-0.15, -0.1) is 0 Å². The lowest BCUT2D eigenvalue weighted by Crippen LogP contribution is -2.42. The Kier molecular flexibility index (Phi) is 6.10. The summed E-state index contributed by atoms with van der Waals surface area (Å²) in [6.45, 7) is 4.85. The number of carbonyl (C=O) groups excluding carboxylic acids is 1. The Balaban J connectivity index is 1.35. The van der Waals surface area contributed by atoms with Gasteiger partial charge < -0.3 is 14.3 Å². The third-order valence-corrected chi connectivity index (χ3v) is 5.58. The Morgan fingerprint density at radius 1 is 1.21 bits per heavy atom. The van der Waals surface area contributed by atoms with Crippen molar-refractivity contribution in [1.29, 1.82) is 0 Å². The van der Waals surface area contributed by atoms with Crippen LogP contribution in [0, 0.1) is 5.92 Å². The summed E-state index contributed by atoms with van der Waals surface area (Å²) in [4.78, 5) is 14.9. The van der Waals surface area contributed by atoms with Gasteiger partial charge in [-0.1, -0.05) is 42.4 Å². The van der Waals surface area contributed by atoms with E-state index in [9.17, 15) is 4.79 Å². The highest BCUT2D eigenvalue weighted by atomic mass is 16.5. The molecule has 4 rings (SSSR count). The fraction of sp³-hybridized carbons (Fsp3) is 0.391. The molecule has 0 saturated carbocycles. The number of furan rings is 1. The monoisotopic (exact) mass is 393 g/mol. The number of likely N-dealkylation sites (tertiary alicyclic amines) is 1. The Hall–Kier alpha value is -2.86. The van der Waals surface area contributed by atoms with E-state index in [0.29, 0.717) is 18.0 Å². The smallest absolute Gasteiger partial charge is 0.226 e. The Bertz CT molecular complexity index is 897. The quantitative estimate of drug-likeness (QED) is 0.655. The largest absolute Gasteiger partial charge is 0.468 e. The number of amides is 1. The molecule has 1 atom stereocenters. The summed E-state index contributed by atoms with van der Waals surface area (Å²) in [5.74, 6) is 2.25. The molecule has 3 heterocycles. The van der Waals surface area contributed by atoms with Gasteiger partial charge in [0.1, 0.15) is 5.76 Å². The molecular formula is C23H27N3O3. The third kappa shape index (κ3) is 4.95. The van der Waals surface area contributed by atoms with Gasteiger partial charge in [0, 0.05) is 18.2 Å². The van der Waals surface area contributed by atoms with Crippen molar-refractivity contribution in [2.75, 3.05) is 19.6 Å². The lowest BCUT2D eigenvalue weighted by Gasteiger charge is -2.35. The molecule has 3 aromatic rings. The molecule has 6 heteroatoms. The number of nitrogens with zero attached hydrogens (tertiary/aromatic N) is 2. The molecule has 1 aliphatic rings. The summed E-state index contributed by atoms with van der Waals surface area (Å²) in [5.41, 5.74) is 1.58. The van der Waals surface area contributed by atoms with Crippen LogP contribution >= 0.6 is 0 Å². The lowest BCUT2D eigenvalue weighted by molar-refractivity contribution is -0.120. The summed E-state index contributed by atoms with van der Waals surface area (Å²) in [6.07, 6.45) is 4.23. The minimum atomic E-state index is -0.0696. The van der Waals surface area contributed by atoms with Crippen molar-refractivity contribution in [2.45, 2.75) is 32.2 Å². The van der Waals surface area contributed by atoms with Crippen molar-refractivity contribution in [3.63, 3.8) is 0 Å². The van der Waals surface area contributed by atoms with Crippen molar-refractivity contribution < 1.29 is 13.7 Å². The molecule has 6 nitrogen and oxygen atoms in total. The molecule has 0 spiro atoms. The van der Waals surface area contributed by atoms with Crippen molar-refractivity contribution >= 4 is 5.91 Å². The molecule has 152 valence electrons. The molecule has 1 amide bonds. The Labute approximate surface area is 170 Å². The van der Waals surface area contributed by atoms with E-state index in [1.54, 1.807) is 6.26 Å². The van der Waals surface area contributed by atoms with Crippen molar-refractivity contribution in [1.82, 2.24) is 15.4 Å². The number of piperidine rings is 1. The fourth-order valence-electron chi connectivity index (χ4n) is 3.80. The maximum Gasteiger partial charge on any atom is 0.226 e. The Morgan fingerprint density at radius 3 is 2.72 bits per heavy atom. The zero-order valence-electron chi connectivity index (χ0n) is 16.7. The molecule has 1 aromatic carbocycles. The van der Waals surface area contributed by atoms with E-state index < -0.39 is 0 Å². The van der Waals surface area contributed by atoms with Crippen LogP contribution in [0.5, 0.6) is 0 Å². The second kappa shape index (κ2) is 9.09. The first-order valence-electron chi connectivity index (χ1n) is 10.2. The van der Waals surface area contributed by atoms with Crippen molar-refractivity contribution in [3.8, 4) is 11.3 Å². The maximum absolute atomic E-state index is 12.5. The Morgan fingerprint density at radius 2 is 2.00 bits per heavy atom. The third-order valence-electron chi connectivity index (χ3n) is 5.58. The normalized spacial score (nSPS) is 16.6. The van der Waals surface area contributed by atoms with E-state index in [4.69, 9.17) is 8.94 Å². The van der Waals surface area contributed by atoms with Crippen LogP contribution in [-0.2, 0) is 11.2 Å². The predicted octanol–water partition coefficient (Wildman–Crippen LogP) is 4.07. The van der Waals surface area contributed by atoms with Crippen LogP contribution in [0.4, 0.5) is 0 Å². The van der Waals surface area contributed by atoms with E-state index in [1.807, 2.05) is 48.5 Å². The number of benzene rings is 1. The highest BCUT2D eigenvalue weighted by Gasteiger charge is 2.27. The first-order chi connectivity index (χ1) is 14.2. The zero-order chi connectivity index (χ0) is 20.1. The summed E-state index contributed by atoms with van der Waals surface area (Å²) in [5, 5.41) is 7.10. The molecule has 1 N–H and O–H groups in total. The summed E-state index contributed by atoms with van der Waals surface area (Å²) in [7, 11) is 0. The molecule has 0 bridgehead atoms. The maximum atomic E-state index is 12.5. The van der Waals surface area contributed by atoms with E-state index in [1.165, 1.54) is 12.8 Å². The van der Waals surface area contributed by atoms with Crippen LogP contribution in [0.15, 0.2) is 63.7 Å². The van der Waals surface area contributed by atoms with E-state index in [-0.39, 0.29) is 18.4 Å². The topological polar surface area (TPSA) is 71.5 Å². The lowest BCUT2D eigenvalue weighted by atomic mass is 9.97. The SMILES string of the molecule is CC1CCN(C(CNC(=O)Cc2cc(-c3ccccc3)on2)c2ccco2)CC1. The number of hydrogen-bond acceptors (Lipinski definition) is 5. The van der Waals surface area contributed by atoms with Gasteiger partial charge in [0.25, 0.3) is 0 Å². The first-order valence-corrected chi connectivity index (χ1v) is 10.2. The van der Waals surface area contributed by atoms with E-state index in [2.05, 4.69) is 22.3 Å². The van der Waals surface area contributed by atoms with Crippen LogP contribution in [0.25, 0.3) is 11.3 Å². The minimum Gasteiger partial charge on any atom is -0.468 e. The number of nitrogens with one attached hydrogen (secondary N) is 1. The van der Waals surface area contributed by atoms with Gasteiger partial charge in [-0.05, 0) is 44.0 Å². The molecule has 0 radical (unpaired) electrons. The average molecular weight is 393 g/mol. The van der Waals surface area contributed by atoms with Gasteiger partial charge in [0.15, 0.2) is 5.76 Å². The van der Waals surface area contributed by atoms with Crippen molar-refractivity contribution in [3.05, 3.63) is 66.2 Å². The zero-order valence-corrected chi connectivity index (χ0v) is 16.7. The molecular weight excluding hydrogens is 366 g/mol. The van der Waals surface area contributed by atoms with Gasteiger partial charge >= 0.3 is 0 Å². The number of rotatable bonds is 7. The molecule has 29 heavy (non-hydrogen) atoms. The number of hydrogen-bond donors (Lipinski definition) is 1. The van der Waals surface area contributed by atoms with Gasteiger partial charge in [-0.25, -0.2) is 0 Å². The van der Waals surface area contributed by atoms with Gasteiger partial charge in [-0.3, -0.25) is 9.69 Å². The summed E-state index contributed by atoms with van der Waals surface area (Å²) >= 11 is 0. The average Bonchev–Trinajstić information content (AvgIpc) is 3.43. The van der Waals surface area contributed by atoms with Crippen LogP contribution in [0.3, 0.4) is 0 Å². The van der Waals surface area contributed by atoms with Crippen LogP contribution < -0.4 is 5.32 Å². The molecule has 2 aromatic heterocycles. The molecule has 1 unspecified atom stereocenters. The summed E-state index contributed by atoms with van der Waals surface area (Å²) < 4.78 is 11.0. The standard InChI is InChI=1S/C23H27N3O3/c1-17-9-11-26(12-10-17)20(21-8-5-13-28-21)16-24-23(27)15-19-14-22(29-25-19)18-6-3-2-4-7-18/h2-8,13-14,17,20H,9-12,15-16H2,1H3,(H,24,27). The van der Waals surface area contributed by atoms with Crippen molar-refractivity contribution in [2.24, 2.45) is 5.92 Å². The predicted molar refractivity (Wildman–Crippen MR) is 110 cm³/mol. The van der Waals surface area contributed by atoms with E-state index in [0.717, 1.165) is 30.3 Å². The van der Waals surface area contributed by atoms with Crippen LogP contribution in [0.2, 0.25) is 0 Å². The molecule has 1 fully saturated rings. The highest BCUT2D eigenvalue weighted by molar-refractivity contribution is 5.78. The number of aromatic nitrogens is 1. The molecule has 0 aliphatic carbocycles. The van der Waals surface area contributed by atoms with Crippen LogP contribution in [0.1, 0.15) is 37.3 Å². The van der Waals surface area contributed by atoms with Crippen LogP contribution in [-0.4, -0.2) is 35.6 Å². The molecule has 1 aliphatic heterocycles. The molecule has 1 saturated heterocycles. The minimum absolute atomic E-state index is 0.0543. The van der Waals surface area contributed by atoms with Gasteiger partial charge in [-0.2, -0.15) is 0 Å². The highest BCUT2D eigenvalue weighted by Crippen LogP contribution is 2.27. The second-order valence-electron chi connectivity index (χ2n) is 7.78. The van der Waals surface area contributed by atoms with Gasteiger partial charge in [0.2, 0.25) is 5.91 Å². The fourth-order valence-corrected chi connectivity index (χ4v) is 3.80. The van der Waals surface area contributed by atoms with Gasteiger partial charge in [0.05, 0.1) is 24.4 Å². The second-order valence-corrected chi connectivity index (χ2v) is 7.78. The first kappa shape index (κ1) is 19.5. The van der Waals surface area contributed by atoms with E-state index >= 15 is 0 Å².